The summed E-state index contributed by atoms with van der Waals surface area (Å²) in [7, 11) is 0. The van der Waals surface area contributed by atoms with E-state index in [0.29, 0.717) is 39.5 Å². The van der Waals surface area contributed by atoms with Crippen LogP contribution in [0.2, 0.25) is 0 Å². The highest BCUT2D eigenvalue weighted by atomic mass is 16.7. The predicted octanol–water partition coefficient (Wildman–Crippen LogP) is 3.20. The third kappa shape index (κ3) is 7.02. The van der Waals surface area contributed by atoms with E-state index in [1.165, 1.54) is 0 Å². The summed E-state index contributed by atoms with van der Waals surface area (Å²) in [4.78, 5) is 13.9. The smallest absolute Gasteiger partial charge is 0.410 e. The van der Waals surface area contributed by atoms with Gasteiger partial charge in [0.05, 0.1) is 12.7 Å². The number of carbonyl (C=O) groups is 1. The molecule has 0 unspecified atom stereocenters. The molecular weight excluding hydrogens is 322 g/mol. The zero-order valence-corrected chi connectivity index (χ0v) is 15.2. The molecule has 2 rings (SSSR count). The fraction of sp³-hybridized carbons (Fsp3) is 0.632. The molecule has 1 saturated heterocycles. The Morgan fingerprint density at radius 1 is 1.12 bits per heavy atom. The van der Waals surface area contributed by atoms with Crippen LogP contribution in [0.25, 0.3) is 0 Å². The summed E-state index contributed by atoms with van der Waals surface area (Å²) in [6, 6.07) is 9.70. The molecule has 1 fully saturated rings. The number of ether oxygens (including phenoxy) is 4. The van der Waals surface area contributed by atoms with Crippen LogP contribution in [0.5, 0.6) is 0 Å². The fourth-order valence-corrected chi connectivity index (χ4v) is 2.75. The molecule has 0 aliphatic carbocycles. The summed E-state index contributed by atoms with van der Waals surface area (Å²) in [6.07, 6.45) is 1.14. The molecule has 1 heterocycles. The largest absolute Gasteiger partial charge is 0.445 e. The predicted molar refractivity (Wildman–Crippen MR) is 94.2 cm³/mol. The molecule has 140 valence electrons. The van der Waals surface area contributed by atoms with Crippen molar-refractivity contribution in [2.75, 3.05) is 32.9 Å². The van der Waals surface area contributed by atoms with Crippen molar-refractivity contribution in [2.45, 2.75) is 45.7 Å². The minimum atomic E-state index is -0.316. The first-order valence-electron chi connectivity index (χ1n) is 9.03. The van der Waals surface area contributed by atoms with Crippen molar-refractivity contribution in [1.82, 2.24) is 4.90 Å². The lowest BCUT2D eigenvalue weighted by atomic mass is 10.1. The zero-order valence-electron chi connectivity index (χ0n) is 15.2. The minimum Gasteiger partial charge on any atom is -0.445 e. The first-order chi connectivity index (χ1) is 12.2. The van der Waals surface area contributed by atoms with Crippen LogP contribution in [0, 0.1) is 0 Å². The number of nitrogens with zero attached hydrogens (tertiary/aromatic N) is 1. The van der Waals surface area contributed by atoms with E-state index in [1.807, 2.05) is 44.2 Å². The van der Waals surface area contributed by atoms with Gasteiger partial charge in [-0.05, 0) is 32.3 Å². The standard InChI is InChI=1S/C19H29NO5/c1-3-22-18(23-4-2)15-24-17-10-12-20(13-11-17)19(21)25-14-16-8-6-5-7-9-16/h5-9,17-18H,3-4,10-15H2,1-2H3. The third-order valence-electron chi connectivity index (χ3n) is 4.08. The Morgan fingerprint density at radius 3 is 2.36 bits per heavy atom. The molecule has 0 radical (unpaired) electrons. The molecule has 0 atom stereocenters. The lowest BCUT2D eigenvalue weighted by Crippen LogP contribution is -2.41. The van der Waals surface area contributed by atoms with Crippen molar-refractivity contribution in [1.29, 1.82) is 0 Å². The Hall–Kier alpha value is -1.63. The van der Waals surface area contributed by atoms with Crippen molar-refractivity contribution in [2.24, 2.45) is 0 Å². The second-order valence-electron chi connectivity index (χ2n) is 5.90. The molecule has 6 nitrogen and oxygen atoms in total. The fourth-order valence-electron chi connectivity index (χ4n) is 2.75. The molecule has 1 amide bonds. The Labute approximate surface area is 150 Å². The first kappa shape index (κ1) is 19.7. The van der Waals surface area contributed by atoms with Gasteiger partial charge in [-0.2, -0.15) is 0 Å². The molecule has 0 spiro atoms. The highest BCUT2D eigenvalue weighted by Crippen LogP contribution is 2.16. The number of benzene rings is 1. The number of hydrogen-bond acceptors (Lipinski definition) is 5. The van der Waals surface area contributed by atoms with Gasteiger partial charge in [-0.1, -0.05) is 30.3 Å². The number of hydrogen-bond donors (Lipinski definition) is 0. The Kier molecular flexibility index (Phi) is 8.72. The van der Waals surface area contributed by atoms with E-state index < -0.39 is 0 Å². The molecule has 1 aliphatic rings. The van der Waals surface area contributed by atoms with Crippen LogP contribution in [0.1, 0.15) is 32.3 Å². The van der Waals surface area contributed by atoms with Gasteiger partial charge < -0.3 is 23.8 Å². The van der Waals surface area contributed by atoms with Gasteiger partial charge in [0.1, 0.15) is 6.61 Å². The molecule has 0 aromatic heterocycles. The average molecular weight is 351 g/mol. The maximum Gasteiger partial charge on any atom is 0.410 e. The minimum absolute atomic E-state index is 0.126. The molecule has 6 heteroatoms. The van der Waals surface area contributed by atoms with Crippen LogP contribution in [-0.2, 0) is 25.6 Å². The lowest BCUT2D eigenvalue weighted by molar-refractivity contribution is -0.179. The van der Waals surface area contributed by atoms with Gasteiger partial charge >= 0.3 is 6.09 Å². The van der Waals surface area contributed by atoms with Crippen LogP contribution >= 0.6 is 0 Å². The normalized spacial score (nSPS) is 15.6. The quantitative estimate of drug-likeness (QED) is 0.640. The Bertz CT molecular complexity index is 482. The Balaban J connectivity index is 1.65. The molecule has 0 saturated carbocycles. The molecule has 1 aromatic rings. The number of piperidine rings is 1. The van der Waals surface area contributed by atoms with E-state index in [4.69, 9.17) is 18.9 Å². The van der Waals surface area contributed by atoms with Gasteiger partial charge in [-0.25, -0.2) is 4.79 Å². The van der Waals surface area contributed by atoms with Crippen molar-refractivity contribution in [3.05, 3.63) is 35.9 Å². The second kappa shape index (κ2) is 11.1. The molecule has 0 N–H and O–H groups in total. The van der Waals surface area contributed by atoms with Gasteiger partial charge in [-0.15, -0.1) is 0 Å². The van der Waals surface area contributed by atoms with Crippen molar-refractivity contribution in [3.63, 3.8) is 0 Å². The van der Waals surface area contributed by atoms with Gasteiger partial charge in [0, 0.05) is 26.3 Å². The number of amides is 1. The van der Waals surface area contributed by atoms with E-state index in [-0.39, 0.29) is 18.5 Å². The summed E-state index contributed by atoms with van der Waals surface area (Å²) in [5.74, 6) is 0. The average Bonchev–Trinajstić information content (AvgIpc) is 2.66. The SMILES string of the molecule is CCOC(COC1CCN(C(=O)OCc2ccccc2)CC1)OCC. The summed E-state index contributed by atoms with van der Waals surface area (Å²) in [5.41, 5.74) is 0.993. The van der Waals surface area contributed by atoms with Crippen LogP contribution in [-0.4, -0.2) is 56.3 Å². The Morgan fingerprint density at radius 2 is 1.76 bits per heavy atom. The second-order valence-corrected chi connectivity index (χ2v) is 5.90. The van der Waals surface area contributed by atoms with Crippen LogP contribution in [0.3, 0.4) is 0 Å². The van der Waals surface area contributed by atoms with E-state index >= 15 is 0 Å². The summed E-state index contributed by atoms with van der Waals surface area (Å²) in [5, 5.41) is 0. The summed E-state index contributed by atoms with van der Waals surface area (Å²) < 4.78 is 22.2. The summed E-state index contributed by atoms with van der Waals surface area (Å²) in [6.45, 7) is 7.08. The molecule has 25 heavy (non-hydrogen) atoms. The maximum absolute atomic E-state index is 12.1. The van der Waals surface area contributed by atoms with Crippen LogP contribution in [0.4, 0.5) is 4.79 Å². The highest BCUT2D eigenvalue weighted by Gasteiger charge is 2.25. The zero-order chi connectivity index (χ0) is 17.9. The number of rotatable bonds is 9. The van der Waals surface area contributed by atoms with Crippen molar-refractivity contribution >= 4 is 6.09 Å². The van der Waals surface area contributed by atoms with E-state index in [0.717, 1.165) is 18.4 Å². The molecule has 1 aromatic carbocycles. The van der Waals surface area contributed by atoms with Crippen LogP contribution < -0.4 is 0 Å². The monoisotopic (exact) mass is 351 g/mol. The first-order valence-corrected chi connectivity index (χ1v) is 9.03. The van der Waals surface area contributed by atoms with E-state index in [9.17, 15) is 4.79 Å². The van der Waals surface area contributed by atoms with Gasteiger partial charge in [0.2, 0.25) is 0 Å². The molecule has 1 aliphatic heterocycles. The van der Waals surface area contributed by atoms with Gasteiger partial charge in [0.15, 0.2) is 6.29 Å². The van der Waals surface area contributed by atoms with Crippen LogP contribution in [0.15, 0.2) is 30.3 Å². The summed E-state index contributed by atoms with van der Waals surface area (Å²) >= 11 is 0. The number of carbonyl (C=O) groups excluding carboxylic acids is 1. The van der Waals surface area contributed by atoms with E-state index in [1.54, 1.807) is 4.90 Å². The third-order valence-corrected chi connectivity index (χ3v) is 4.08. The topological polar surface area (TPSA) is 57.2 Å². The lowest BCUT2D eigenvalue weighted by Gasteiger charge is -2.32. The van der Waals surface area contributed by atoms with E-state index in [2.05, 4.69) is 0 Å². The number of likely N-dealkylation sites (tertiary alicyclic amines) is 1. The molecular formula is C19H29NO5. The van der Waals surface area contributed by atoms with Crippen molar-refractivity contribution in [3.8, 4) is 0 Å². The maximum atomic E-state index is 12.1. The van der Waals surface area contributed by atoms with Crippen molar-refractivity contribution < 1.29 is 23.7 Å². The van der Waals surface area contributed by atoms with Gasteiger partial charge in [-0.3, -0.25) is 0 Å². The van der Waals surface area contributed by atoms with Gasteiger partial charge in [0.25, 0.3) is 0 Å². The highest BCUT2D eigenvalue weighted by molar-refractivity contribution is 5.67. The molecule has 0 bridgehead atoms.